The maximum atomic E-state index is 12.7. The molecule has 5 nitrogen and oxygen atoms in total. The van der Waals surface area contributed by atoms with Gasteiger partial charge in [-0.3, -0.25) is 0 Å². The minimum absolute atomic E-state index is 0.253. The van der Waals surface area contributed by atoms with Crippen LogP contribution in [0.4, 0.5) is 24.8 Å². The SMILES string of the molecule is CCCc1ccnc(Nc2ccc3nc(C(F)(F)F)[nH]c3c2)n1. The van der Waals surface area contributed by atoms with Gasteiger partial charge >= 0.3 is 6.18 Å². The third-order valence-electron chi connectivity index (χ3n) is 3.23. The van der Waals surface area contributed by atoms with E-state index in [4.69, 9.17) is 0 Å². The number of H-pyrrole nitrogens is 1. The molecule has 0 atom stereocenters. The maximum Gasteiger partial charge on any atom is 0.449 e. The van der Waals surface area contributed by atoms with Gasteiger partial charge in [0.25, 0.3) is 0 Å². The molecule has 2 aromatic heterocycles. The van der Waals surface area contributed by atoms with Gasteiger partial charge in [0.05, 0.1) is 11.0 Å². The van der Waals surface area contributed by atoms with E-state index in [0.717, 1.165) is 18.5 Å². The Balaban J connectivity index is 1.87. The van der Waals surface area contributed by atoms with Gasteiger partial charge in [-0.25, -0.2) is 15.0 Å². The Morgan fingerprint density at radius 3 is 2.74 bits per heavy atom. The number of rotatable bonds is 4. The Kier molecular flexibility index (Phi) is 3.89. The number of benzene rings is 1. The van der Waals surface area contributed by atoms with Crippen LogP contribution in [0.5, 0.6) is 0 Å². The number of nitrogens with one attached hydrogen (secondary N) is 2. The van der Waals surface area contributed by atoms with E-state index in [-0.39, 0.29) is 5.52 Å². The number of fused-ring (bicyclic) bond motifs is 1. The zero-order valence-corrected chi connectivity index (χ0v) is 12.3. The highest BCUT2D eigenvalue weighted by molar-refractivity contribution is 5.80. The van der Waals surface area contributed by atoms with E-state index in [1.54, 1.807) is 18.3 Å². The molecule has 2 heterocycles. The number of anilines is 2. The number of nitrogens with zero attached hydrogens (tertiary/aromatic N) is 3. The van der Waals surface area contributed by atoms with Gasteiger partial charge in [0, 0.05) is 17.6 Å². The molecule has 0 radical (unpaired) electrons. The molecule has 0 spiro atoms. The van der Waals surface area contributed by atoms with Gasteiger partial charge in [-0.15, -0.1) is 0 Å². The molecule has 3 rings (SSSR count). The average molecular weight is 321 g/mol. The van der Waals surface area contributed by atoms with Crippen molar-refractivity contribution < 1.29 is 13.2 Å². The van der Waals surface area contributed by atoms with Crippen LogP contribution in [0.25, 0.3) is 11.0 Å². The van der Waals surface area contributed by atoms with E-state index in [1.165, 1.54) is 6.07 Å². The zero-order valence-electron chi connectivity index (χ0n) is 12.3. The molecule has 0 unspecified atom stereocenters. The summed E-state index contributed by atoms with van der Waals surface area (Å²) in [4.78, 5) is 14.3. The summed E-state index contributed by atoms with van der Waals surface area (Å²) in [6.45, 7) is 2.06. The molecule has 8 heteroatoms. The first-order valence-electron chi connectivity index (χ1n) is 7.11. The van der Waals surface area contributed by atoms with Crippen LogP contribution in [-0.2, 0) is 12.6 Å². The highest BCUT2D eigenvalue weighted by Gasteiger charge is 2.34. The molecule has 0 bridgehead atoms. The van der Waals surface area contributed by atoms with Crippen molar-refractivity contribution in [2.24, 2.45) is 0 Å². The summed E-state index contributed by atoms with van der Waals surface area (Å²) in [6, 6.07) is 6.54. The fraction of sp³-hybridized carbons (Fsp3) is 0.267. The lowest BCUT2D eigenvalue weighted by molar-refractivity contribution is -0.144. The molecule has 0 fully saturated rings. The Bertz CT molecular complexity index is 825. The minimum Gasteiger partial charge on any atom is -0.334 e. The quantitative estimate of drug-likeness (QED) is 0.760. The molecule has 0 aliphatic rings. The third kappa shape index (κ3) is 3.41. The summed E-state index contributed by atoms with van der Waals surface area (Å²) in [5.74, 6) is -0.600. The van der Waals surface area contributed by atoms with Crippen molar-refractivity contribution in [3.05, 3.63) is 42.0 Å². The van der Waals surface area contributed by atoms with Crippen molar-refractivity contribution in [3.63, 3.8) is 0 Å². The Morgan fingerprint density at radius 2 is 2.00 bits per heavy atom. The summed E-state index contributed by atoms with van der Waals surface area (Å²) in [5, 5.41) is 2.99. The van der Waals surface area contributed by atoms with E-state index in [9.17, 15) is 13.2 Å². The number of alkyl halides is 3. The van der Waals surface area contributed by atoms with Crippen molar-refractivity contribution in [3.8, 4) is 0 Å². The van der Waals surface area contributed by atoms with E-state index in [0.29, 0.717) is 17.2 Å². The van der Waals surface area contributed by atoms with Gasteiger partial charge in [-0.05, 0) is 30.7 Å². The van der Waals surface area contributed by atoms with Crippen LogP contribution >= 0.6 is 0 Å². The number of aryl methyl sites for hydroxylation is 1. The summed E-state index contributed by atoms with van der Waals surface area (Å²) in [5.41, 5.74) is 2.05. The van der Waals surface area contributed by atoms with Crippen molar-refractivity contribution in [2.45, 2.75) is 25.9 Å². The lowest BCUT2D eigenvalue weighted by Crippen LogP contribution is -2.06. The molecule has 0 saturated carbocycles. The molecule has 0 amide bonds. The van der Waals surface area contributed by atoms with E-state index >= 15 is 0 Å². The van der Waals surface area contributed by atoms with Crippen LogP contribution in [0.1, 0.15) is 24.9 Å². The first-order chi connectivity index (χ1) is 11.0. The molecule has 0 aliphatic heterocycles. The second-order valence-electron chi connectivity index (χ2n) is 5.06. The van der Waals surface area contributed by atoms with Crippen LogP contribution in [0.2, 0.25) is 0 Å². The first-order valence-corrected chi connectivity index (χ1v) is 7.11. The Hall–Kier alpha value is -2.64. The largest absolute Gasteiger partial charge is 0.449 e. The molecule has 0 saturated heterocycles. The summed E-state index contributed by atoms with van der Waals surface area (Å²) in [6.07, 6.45) is -1.04. The van der Waals surface area contributed by atoms with Gasteiger partial charge < -0.3 is 10.3 Å². The second kappa shape index (κ2) is 5.86. The molecule has 23 heavy (non-hydrogen) atoms. The Labute approximate surface area is 130 Å². The lowest BCUT2D eigenvalue weighted by Gasteiger charge is -2.06. The van der Waals surface area contributed by atoms with Gasteiger partial charge in [-0.2, -0.15) is 13.2 Å². The van der Waals surface area contributed by atoms with Gasteiger partial charge in [0.1, 0.15) is 0 Å². The third-order valence-corrected chi connectivity index (χ3v) is 3.23. The van der Waals surface area contributed by atoms with Crippen LogP contribution in [-0.4, -0.2) is 19.9 Å². The van der Waals surface area contributed by atoms with E-state index in [2.05, 4.69) is 32.2 Å². The fourth-order valence-electron chi connectivity index (χ4n) is 2.20. The number of hydrogen-bond acceptors (Lipinski definition) is 4. The molecule has 3 aromatic rings. The summed E-state index contributed by atoms with van der Waals surface area (Å²) >= 11 is 0. The number of aromatic amines is 1. The predicted octanol–water partition coefficient (Wildman–Crippen LogP) is 4.07. The molecular formula is C15H14F3N5. The smallest absolute Gasteiger partial charge is 0.334 e. The number of imidazole rings is 1. The zero-order chi connectivity index (χ0) is 16.4. The van der Waals surface area contributed by atoms with Crippen molar-refractivity contribution in [1.82, 2.24) is 19.9 Å². The van der Waals surface area contributed by atoms with Gasteiger partial charge in [-0.1, -0.05) is 13.3 Å². The fourth-order valence-corrected chi connectivity index (χ4v) is 2.20. The number of halogens is 3. The topological polar surface area (TPSA) is 66.5 Å². The molecule has 2 N–H and O–H groups in total. The number of hydrogen-bond donors (Lipinski definition) is 2. The van der Waals surface area contributed by atoms with Crippen LogP contribution in [0.3, 0.4) is 0 Å². The van der Waals surface area contributed by atoms with Crippen molar-refractivity contribution in [2.75, 3.05) is 5.32 Å². The monoisotopic (exact) mass is 321 g/mol. The van der Waals surface area contributed by atoms with Gasteiger partial charge in [0.15, 0.2) is 0 Å². The highest BCUT2D eigenvalue weighted by atomic mass is 19.4. The standard InChI is InChI=1S/C15H14F3N5/c1-2-3-9-6-7-19-14(20-9)21-10-4-5-11-12(8-10)23-13(22-11)15(16,17)18/h4-8H,2-3H2,1H3,(H,22,23)(H,19,20,21). The van der Waals surface area contributed by atoms with E-state index < -0.39 is 12.0 Å². The molecule has 1 aromatic carbocycles. The average Bonchev–Trinajstić information content (AvgIpc) is 2.91. The van der Waals surface area contributed by atoms with E-state index in [1.807, 2.05) is 6.07 Å². The highest BCUT2D eigenvalue weighted by Crippen LogP contribution is 2.29. The normalized spacial score (nSPS) is 11.8. The second-order valence-corrected chi connectivity index (χ2v) is 5.06. The number of aromatic nitrogens is 4. The van der Waals surface area contributed by atoms with Gasteiger partial charge in [0.2, 0.25) is 11.8 Å². The molecule has 120 valence electrons. The summed E-state index contributed by atoms with van der Waals surface area (Å²) in [7, 11) is 0. The van der Waals surface area contributed by atoms with Crippen molar-refractivity contribution in [1.29, 1.82) is 0 Å². The van der Waals surface area contributed by atoms with Crippen LogP contribution in [0.15, 0.2) is 30.5 Å². The Morgan fingerprint density at radius 1 is 1.17 bits per heavy atom. The molecular weight excluding hydrogens is 307 g/mol. The summed E-state index contributed by atoms with van der Waals surface area (Å²) < 4.78 is 38.0. The van der Waals surface area contributed by atoms with Crippen LogP contribution < -0.4 is 5.32 Å². The van der Waals surface area contributed by atoms with Crippen LogP contribution in [0, 0.1) is 0 Å². The van der Waals surface area contributed by atoms with Crippen molar-refractivity contribution >= 4 is 22.7 Å². The minimum atomic E-state index is -4.50. The molecule has 0 aliphatic carbocycles. The lowest BCUT2D eigenvalue weighted by atomic mass is 10.2. The maximum absolute atomic E-state index is 12.7. The predicted molar refractivity (Wildman–Crippen MR) is 80.4 cm³/mol. The first kappa shape index (κ1) is 15.3.